The van der Waals surface area contributed by atoms with Crippen molar-refractivity contribution in [3.05, 3.63) is 59.2 Å². The molecule has 0 radical (unpaired) electrons. The predicted octanol–water partition coefficient (Wildman–Crippen LogP) is 3.04. The Labute approximate surface area is 185 Å². The van der Waals surface area contributed by atoms with E-state index in [-0.39, 0.29) is 0 Å². The van der Waals surface area contributed by atoms with Crippen LogP contribution in [-0.4, -0.2) is 45.9 Å². The fourth-order valence-electron chi connectivity index (χ4n) is 3.65. The fourth-order valence-corrected chi connectivity index (χ4v) is 5.24. The van der Waals surface area contributed by atoms with Crippen LogP contribution in [0.15, 0.2) is 52.4 Å². The number of sulfonamides is 1. The van der Waals surface area contributed by atoms with E-state index in [0.717, 1.165) is 41.7 Å². The molecule has 168 valence electrons. The van der Waals surface area contributed by atoms with Gasteiger partial charge < -0.3 is 15.4 Å². The van der Waals surface area contributed by atoms with Crippen molar-refractivity contribution in [2.45, 2.75) is 44.2 Å². The molecule has 2 aromatic rings. The summed E-state index contributed by atoms with van der Waals surface area (Å²) in [5.41, 5.74) is 3.06. The first-order valence-electron chi connectivity index (χ1n) is 10.6. The maximum absolute atomic E-state index is 12.9. The number of methoxy groups -OCH3 is 1. The minimum absolute atomic E-state index is 0.348. The molecule has 1 aliphatic heterocycles. The number of nitrogens with one attached hydrogen (secondary N) is 2. The topological polar surface area (TPSA) is 83.0 Å². The van der Waals surface area contributed by atoms with Gasteiger partial charge in [0.05, 0.1) is 12.0 Å². The normalized spacial score (nSPS) is 15.5. The van der Waals surface area contributed by atoms with E-state index in [1.807, 2.05) is 31.2 Å². The third-order valence-corrected chi connectivity index (χ3v) is 7.32. The largest absolute Gasteiger partial charge is 0.496 e. The zero-order valence-corrected chi connectivity index (χ0v) is 19.3. The highest BCUT2D eigenvalue weighted by Crippen LogP contribution is 2.22. The first kappa shape index (κ1) is 23.1. The minimum atomic E-state index is -3.44. The zero-order chi connectivity index (χ0) is 22.3. The van der Waals surface area contributed by atoms with Crippen molar-refractivity contribution >= 4 is 16.0 Å². The Morgan fingerprint density at radius 3 is 2.52 bits per heavy atom. The van der Waals surface area contributed by atoms with Crippen LogP contribution in [-0.2, 0) is 23.1 Å². The fraction of sp³-hybridized carbons (Fsp3) is 0.435. The summed E-state index contributed by atoms with van der Waals surface area (Å²) in [6, 6.07) is 13.2. The second-order valence-electron chi connectivity index (χ2n) is 7.71. The Bertz CT molecular complexity index is 1020. The molecule has 0 aliphatic carbocycles. The third kappa shape index (κ3) is 5.98. The van der Waals surface area contributed by atoms with Gasteiger partial charge in [-0.15, -0.1) is 0 Å². The Kier molecular flexibility index (Phi) is 7.92. The summed E-state index contributed by atoms with van der Waals surface area (Å²) < 4.78 is 32.9. The highest BCUT2D eigenvalue weighted by Gasteiger charge is 2.25. The van der Waals surface area contributed by atoms with Crippen LogP contribution in [0.3, 0.4) is 0 Å². The molecule has 31 heavy (non-hydrogen) atoms. The molecule has 2 N–H and O–H groups in total. The summed E-state index contributed by atoms with van der Waals surface area (Å²) in [5, 5.41) is 6.53. The second kappa shape index (κ2) is 10.6. The molecule has 8 heteroatoms. The maximum Gasteiger partial charge on any atom is 0.243 e. The number of hydrogen-bond donors (Lipinski definition) is 2. The molecule has 1 aliphatic rings. The number of ether oxygens (including phenoxy) is 1. The van der Waals surface area contributed by atoms with E-state index in [9.17, 15) is 8.42 Å². The summed E-state index contributed by atoms with van der Waals surface area (Å²) in [4.78, 5) is 4.61. The number of rotatable bonds is 7. The van der Waals surface area contributed by atoms with Gasteiger partial charge >= 0.3 is 0 Å². The molecule has 0 atom stereocenters. The van der Waals surface area contributed by atoms with E-state index in [1.54, 1.807) is 36.7 Å². The molecule has 0 saturated carbocycles. The van der Waals surface area contributed by atoms with Gasteiger partial charge in [0, 0.05) is 38.8 Å². The molecule has 0 amide bonds. The quantitative estimate of drug-likeness (QED) is 0.507. The number of benzene rings is 2. The van der Waals surface area contributed by atoms with Gasteiger partial charge in [-0.1, -0.05) is 30.7 Å². The molecule has 1 saturated heterocycles. The average Bonchev–Trinajstić information content (AvgIpc) is 2.80. The average molecular weight is 445 g/mol. The van der Waals surface area contributed by atoms with E-state index in [1.165, 1.54) is 0 Å². The monoisotopic (exact) mass is 444 g/mol. The molecule has 1 fully saturated rings. The van der Waals surface area contributed by atoms with Gasteiger partial charge in [-0.05, 0) is 49.1 Å². The lowest BCUT2D eigenvalue weighted by Gasteiger charge is -2.26. The van der Waals surface area contributed by atoms with Gasteiger partial charge in [0.25, 0.3) is 0 Å². The van der Waals surface area contributed by atoms with Crippen LogP contribution in [0.1, 0.15) is 36.0 Å². The molecule has 2 aromatic carbocycles. The van der Waals surface area contributed by atoms with E-state index in [0.29, 0.717) is 37.0 Å². The van der Waals surface area contributed by atoms with Crippen LogP contribution in [0.25, 0.3) is 0 Å². The first-order chi connectivity index (χ1) is 14.9. The number of aliphatic imine (C=N–C) groups is 1. The minimum Gasteiger partial charge on any atom is -0.496 e. The van der Waals surface area contributed by atoms with Crippen LogP contribution in [0, 0.1) is 6.92 Å². The number of hydrogen-bond acceptors (Lipinski definition) is 4. The van der Waals surface area contributed by atoms with Crippen LogP contribution in [0.2, 0.25) is 0 Å². The van der Waals surface area contributed by atoms with Crippen molar-refractivity contribution in [3.63, 3.8) is 0 Å². The molecule has 7 nitrogen and oxygen atoms in total. The molecule has 0 bridgehead atoms. The number of guanidine groups is 1. The van der Waals surface area contributed by atoms with Crippen LogP contribution >= 0.6 is 0 Å². The van der Waals surface area contributed by atoms with E-state index < -0.39 is 10.0 Å². The lowest BCUT2D eigenvalue weighted by molar-refractivity contribution is 0.346. The number of piperidine rings is 1. The smallest absolute Gasteiger partial charge is 0.243 e. The van der Waals surface area contributed by atoms with Gasteiger partial charge in [-0.2, -0.15) is 4.31 Å². The Balaban J connectivity index is 1.62. The SMILES string of the molecule is CN=C(NCc1cccc(S(=O)(=O)N2CCCCC2)c1)NCc1ccc(C)cc1OC. The molecule has 1 heterocycles. The van der Waals surface area contributed by atoms with Gasteiger partial charge in [0.2, 0.25) is 10.0 Å². The van der Waals surface area contributed by atoms with Crippen molar-refractivity contribution in [1.82, 2.24) is 14.9 Å². The Morgan fingerprint density at radius 1 is 1.06 bits per heavy atom. The third-order valence-electron chi connectivity index (χ3n) is 5.42. The van der Waals surface area contributed by atoms with Crippen molar-refractivity contribution in [2.24, 2.45) is 4.99 Å². The summed E-state index contributed by atoms with van der Waals surface area (Å²) in [7, 11) is -0.0701. The van der Waals surface area contributed by atoms with Gasteiger partial charge in [-0.25, -0.2) is 8.42 Å². The predicted molar refractivity (Wildman–Crippen MR) is 124 cm³/mol. The summed E-state index contributed by atoms with van der Waals surface area (Å²) >= 11 is 0. The highest BCUT2D eigenvalue weighted by atomic mass is 32.2. The summed E-state index contributed by atoms with van der Waals surface area (Å²) in [5.74, 6) is 1.46. The molecule has 0 aromatic heterocycles. The Morgan fingerprint density at radius 2 is 1.81 bits per heavy atom. The summed E-state index contributed by atoms with van der Waals surface area (Å²) in [6.07, 6.45) is 2.94. The zero-order valence-electron chi connectivity index (χ0n) is 18.5. The highest BCUT2D eigenvalue weighted by molar-refractivity contribution is 7.89. The van der Waals surface area contributed by atoms with Crippen LogP contribution in [0.5, 0.6) is 5.75 Å². The summed E-state index contributed by atoms with van der Waals surface area (Å²) in [6.45, 7) is 4.26. The van der Waals surface area contributed by atoms with Crippen LogP contribution < -0.4 is 15.4 Å². The molecule has 3 rings (SSSR count). The maximum atomic E-state index is 12.9. The Hall–Kier alpha value is -2.58. The van der Waals surface area contributed by atoms with Crippen molar-refractivity contribution in [3.8, 4) is 5.75 Å². The second-order valence-corrected chi connectivity index (χ2v) is 9.64. The molecule has 0 unspecified atom stereocenters. The number of aryl methyl sites for hydroxylation is 1. The standard InChI is InChI=1S/C23H32N4O3S/c1-18-10-11-20(22(14-18)30-3)17-26-23(24-2)25-16-19-8-7-9-21(15-19)31(28,29)27-12-5-4-6-13-27/h7-11,14-15H,4-6,12-13,16-17H2,1-3H3,(H2,24,25,26). The van der Waals surface area contributed by atoms with Gasteiger partial charge in [-0.3, -0.25) is 4.99 Å². The first-order valence-corrected chi connectivity index (χ1v) is 12.0. The lowest BCUT2D eigenvalue weighted by atomic mass is 10.1. The van der Waals surface area contributed by atoms with E-state index in [2.05, 4.69) is 15.6 Å². The molecular weight excluding hydrogens is 412 g/mol. The molecular formula is C23H32N4O3S. The molecule has 0 spiro atoms. The van der Waals surface area contributed by atoms with Crippen LogP contribution in [0.4, 0.5) is 0 Å². The van der Waals surface area contributed by atoms with Gasteiger partial charge in [0.15, 0.2) is 5.96 Å². The van der Waals surface area contributed by atoms with Crippen molar-refractivity contribution in [1.29, 1.82) is 0 Å². The number of nitrogens with zero attached hydrogens (tertiary/aromatic N) is 2. The van der Waals surface area contributed by atoms with Crippen molar-refractivity contribution in [2.75, 3.05) is 27.2 Å². The van der Waals surface area contributed by atoms with Gasteiger partial charge in [0.1, 0.15) is 5.75 Å². The lowest BCUT2D eigenvalue weighted by Crippen LogP contribution is -2.37. The van der Waals surface area contributed by atoms with Crippen molar-refractivity contribution < 1.29 is 13.2 Å². The van der Waals surface area contributed by atoms with E-state index >= 15 is 0 Å². The van der Waals surface area contributed by atoms with E-state index in [4.69, 9.17) is 4.74 Å².